The number of nitrogens with two attached hydrogens (primary N) is 2. The molecule has 0 radical (unpaired) electrons. The molecule has 1 aliphatic carbocycles. The lowest BCUT2D eigenvalue weighted by Crippen LogP contribution is -2.32. The number of para-hydroxylation sites is 1. The Balaban J connectivity index is 1.18. The van der Waals surface area contributed by atoms with Gasteiger partial charge < -0.3 is 20.9 Å². The van der Waals surface area contributed by atoms with Crippen LogP contribution in [-0.4, -0.2) is 0 Å². The molecule has 0 saturated carbocycles. The maximum Gasteiger partial charge on any atom is 0.134 e. The van der Waals surface area contributed by atoms with Crippen LogP contribution in [0, 0.1) is 0 Å². The topological polar surface area (TPSA) is 70.5 Å². The number of hydrogen-bond donors (Lipinski definition) is 2. The minimum atomic E-state index is -0.644. The van der Waals surface area contributed by atoms with Gasteiger partial charge in [-0.3, -0.25) is 0 Å². The molecule has 0 fully saturated rings. The molecule has 6 aromatic rings. The Morgan fingerprint density at radius 3 is 1.65 bits per heavy atom. The summed E-state index contributed by atoms with van der Waals surface area (Å²) in [4.78, 5) is 0. The molecular weight excluding hydrogens is 528 g/mol. The fourth-order valence-electron chi connectivity index (χ4n) is 6.86. The Kier molecular flexibility index (Phi) is 6.02. The smallest absolute Gasteiger partial charge is 0.134 e. The zero-order valence-electron chi connectivity index (χ0n) is 23.5. The molecule has 4 N–H and O–H groups in total. The highest BCUT2D eigenvalue weighted by molar-refractivity contribution is 5.88. The van der Waals surface area contributed by atoms with Gasteiger partial charge in [-0.15, -0.1) is 0 Å². The van der Waals surface area contributed by atoms with Crippen molar-refractivity contribution in [1.29, 1.82) is 0 Å². The first-order valence-corrected chi connectivity index (χ1v) is 14.6. The van der Waals surface area contributed by atoms with Crippen LogP contribution in [-0.2, 0) is 10.2 Å². The van der Waals surface area contributed by atoms with Crippen LogP contribution in [0.25, 0.3) is 22.3 Å². The fraction of sp³-hybridized carbons (Fsp3) is 0.0769. The van der Waals surface area contributed by atoms with Crippen molar-refractivity contribution in [2.75, 3.05) is 0 Å². The van der Waals surface area contributed by atoms with Gasteiger partial charge in [-0.25, -0.2) is 0 Å². The van der Waals surface area contributed by atoms with Gasteiger partial charge in [0, 0.05) is 11.1 Å². The van der Waals surface area contributed by atoms with Crippen LogP contribution in [0.3, 0.4) is 0 Å². The Hall–Kier alpha value is -5.00. The lowest BCUT2D eigenvalue weighted by molar-refractivity contribution is -0.00830. The van der Waals surface area contributed by atoms with E-state index in [1.54, 1.807) is 0 Å². The van der Waals surface area contributed by atoms with Crippen molar-refractivity contribution in [3.8, 4) is 33.8 Å². The van der Waals surface area contributed by atoms with Crippen molar-refractivity contribution in [1.82, 2.24) is 0 Å². The molecule has 1 aliphatic heterocycles. The largest absolute Gasteiger partial charge is 0.457 e. The van der Waals surface area contributed by atoms with Crippen LogP contribution < -0.4 is 16.2 Å². The summed E-state index contributed by atoms with van der Waals surface area (Å²) in [7, 11) is 0. The summed E-state index contributed by atoms with van der Waals surface area (Å²) in [5, 5.41) is 0. The van der Waals surface area contributed by atoms with Gasteiger partial charge in [-0.05, 0) is 56.6 Å². The summed E-state index contributed by atoms with van der Waals surface area (Å²) in [5.41, 5.74) is 23.5. The Morgan fingerprint density at radius 1 is 0.465 bits per heavy atom. The van der Waals surface area contributed by atoms with Gasteiger partial charge in [0.2, 0.25) is 0 Å². The second-order valence-electron chi connectivity index (χ2n) is 11.2. The van der Waals surface area contributed by atoms with Crippen LogP contribution in [0.2, 0.25) is 0 Å². The summed E-state index contributed by atoms with van der Waals surface area (Å²) in [6, 6.07) is 50.4. The van der Waals surface area contributed by atoms with E-state index in [1.807, 2.05) is 48.5 Å². The summed E-state index contributed by atoms with van der Waals surface area (Å²) in [6.07, 6.45) is -1.25. The van der Waals surface area contributed by atoms with E-state index >= 15 is 0 Å². The molecule has 0 aromatic heterocycles. The molecule has 208 valence electrons. The van der Waals surface area contributed by atoms with Crippen LogP contribution in [0.1, 0.15) is 45.8 Å². The second kappa shape index (κ2) is 10.1. The van der Waals surface area contributed by atoms with Crippen molar-refractivity contribution in [2.24, 2.45) is 11.5 Å². The predicted molar refractivity (Wildman–Crippen MR) is 171 cm³/mol. The van der Waals surface area contributed by atoms with Gasteiger partial charge in [-0.2, -0.15) is 0 Å². The normalized spacial score (nSPS) is 15.0. The quantitative estimate of drug-likeness (QED) is 0.208. The van der Waals surface area contributed by atoms with Crippen LogP contribution in [0.5, 0.6) is 11.5 Å². The van der Waals surface area contributed by atoms with Gasteiger partial charge in [0.1, 0.15) is 24.0 Å². The van der Waals surface area contributed by atoms with Crippen LogP contribution >= 0.6 is 0 Å². The van der Waals surface area contributed by atoms with Crippen molar-refractivity contribution in [2.45, 2.75) is 17.9 Å². The Bertz CT molecular complexity index is 1920. The van der Waals surface area contributed by atoms with Crippen molar-refractivity contribution in [3.63, 3.8) is 0 Å². The minimum absolute atomic E-state index is 0.457. The first kappa shape index (κ1) is 25.7. The zero-order valence-corrected chi connectivity index (χ0v) is 23.5. The van der Waals surface area contributed by atoms with E-state index in [1.165, 1.54) is 27.8 Å². The maximum atomic E-state index is 6.65. The molecule has 2 aliphatic rings. The number of hydrogen-bond acceptors (Lipinski definition) is 4. The monoisotopic (exact) mass is 558 g/mol. The highest BCUT2D eigenvalue weighted by Gasteiger charge is 2.50. The summed E-state index contributed by atoms with van der Waals surface area (Å²) in [6.45, 7) is 0. The average molecular weight is 559 g/mol. The van der Waals surface area contributed by atoms with Crippen LogP contribution in [0.4, 0.5) is 0 Å². The summed E-state index contributed by atoms with van der Waals surface area (Å²) in [5.74, 6) is 1.74. The molecule has 0 bridgehead atoms. The zero-order chi connectivity index (χ0) is 29.0. The first-order valence-electron chi connectivity index (χ1n) is 14.6. The SMILES string of the molecule is NC(OC(N)c1ccc(-c2ccc3c(c2)Oc2ccccc2C32c3ccccc3-c3ccccc32)cc1)c1ccccc1. The third-order valence-corrected chi connectivity index (χ3v) is 8.84. The summed E-state index contributed by atoms with van der Waals surface area (Å²) >= 11 is 0. The second-order valence-corrected chi connectivity index (χ2v) is 11.2. The summed E-state index contributed by atoms with van der Waals surface area (Å²) < 4.78 is 12.6. The lowest BCUT2D eigenvalue weighted by atomic mass is 9.66. The van der Waals surface area contributed by atoms with Gasteiger partial charge in [0.15, 0.2) is 0 Å². The minimum Gasteiger partial charge on any atom is -0.457 e. The molecule has 1 heterocycles. The molecule has 4 heteroatoms. The van der Waals surface area contributed by atoms with Crippen LogP contribution in [0.15, 0.2) is 146 Å². The Morgan fingerprint density at radius 2 is 0.977 bits per heavy atom. The van der Waals surface area contributed by atoms with Gasteiger partial charge in [0.25, 0.3) is 0 Å². The number of rotatable bonds is 5. The fourth-order valence-corrected chi connectivity index (χ4v) is 6.86. The maximum absolute atomic E-state index is 6.65. The van der Waals surface area contributed by atoms with E-state index in [0.29, 0.717) is 0 Å². The molecule has 4 nitrogen and oxygen atoms in total. The molecule has 0 amide bonds. The Labute approximate surface area is 251 Å². The molecule has 2 atom stereocenters. The van der Waals surface area contributed by atoms with E-state index in [2.05, 4.69) is 97.1 Å². The van der Waals surface area contributed by atoms with Gasteiger partial charge in [-0.1, -0.05) is 133 Å². The first-order chi connectivity index (χ1) is 21.1. The van der Waals surface area contributed by atoms with Crippen molar-refractivity contribution in [3.05, 3.63) is 179 Å². The molecule has 2 unspecified atom stereocenters. The van der Waals surface area contributed by atoms with E-state index in [0.717, 1.165) is 39.3 Å². The average Bonchev–Trinajstić information content (AvgIpc) is 3.36. The van der Waals surface area contributed by atoms with Crippen molar-refractivity contribution < 1.29 is 9.47 Å². The van der Waals surface area contributed by atoms with E-state index in [-0.39, 0.29) is 0 Å². The van der Waals surface area contributed by atoms with E-state index < -0.39 is 17.9 Å². The number of benzene rings is 6. The standard InChI is InChI=1S/C39H30N2O2/c40-37(26-10-2-1-3-11-26)43-38(41)27-20-18-25(19-21-27)28-22-23-34-36(24-28)42-35-17-9-8-16-33(35)39(34)31-14-6-4-12-29(31)30-13-5-7-15-32(30)39/h1-24,37-38H,40-41H2. The third-order valence-electron chi connectivity index (χ3n) is 8.84. The van der Waals surface area contributed by atoms with E-state index in [4.69, 9.17) is 20.9 Å². The highest BCUT2D eigenvalue weighted by Crippen LogP contribution is 2.62. The highest BCUT2D eigenvalue weighted by atomic mass is 16.5. The third kappa shape index (κ3) is 3.96. The molecular formula is C39H30N2O2. The van der Waals surface area contributed by atoms with E-state index in [9.17, 15) is 0 Å². The van der Waals surface area contributed by atoms with Gasteiger partial charge in [0.05, 0.1) is 5.41 Å². The lowest BCUT2D eigenvalue weighted by Gasteiger charge is -2.39. The molecule has 43 heavy (non-hydrogen) atoms. The van der Waals surface area contributed by atoms with Crippen molar-refractivity contribution >= 4 is 0 Å². The number of ether oxygens (including phenoxy) is 2. The predicted octanol–water partition coefficient (Wildman–Crippen LogP) is 8.45. The molecule has 8 rings (SSSR count). The number of fused-ring (bicyclic) bond motifs is 9. The molecule has 6 aromatic carbocycles. The molecule has 0 saturated heterocycles. The van der Waals surface area contributed by atoms with Gasteiger partial charge >= 0.3 is 0 Å². The molecule has 1 spiro atoms.